The number of hydrogen-bond acceptors (Lipinski definition) is 6. The highest BCUT2D eigenvalue weighted by Crippen LogP contribution is 2.25. The number of amides is 1. The normalized spacial score (nSPS) is 13.1. The summed E-state index contributed by atoms with van der Waals surface area (Å²) < 4.78 is 41.3. The molecule has 3 aromatic rings. The fourth-order valence-corrected chi connectivity index (χ4v) is 3.26. The predicted molar refractivity (Wildman–Crippen MR) is 109 cm³/mol. The number of rotatable bonds is 4. The average molecular weight is 423 g/mol. The monoisotopic (exact) mass is 423 g/mol. The number of nitrogens with zero attached hydrogens (tertiary/aromatic N) is 2. The quantitative estimate of drug-likeness (QED) is 0.647. The summed E-state index contributed by atoms with van der Waals surface area (Å²) in [5.41, 5.74) is 1.31. The van der Waals surface area contributed by atoms with Crippen LogP contribution in [0.4, 0.5) is 4.39 Å². The van der Waals surface area contributed by atoms with Gasteiger partial charge < -0.3 is 10.1 Å². The highest BCUT2D eigenvalue weighted by atomic mass is 32.2. The molecule has 1 aliphatic carbocycles. The van der Waals surface area contributed by atoms with E-state index in [4.69, 9.17) is 4.74 Å². The Labute approximate surface area is 172 Å². The van der Waals surface area contributed by atoms with Gasteiger partial charge in [0.15, 0.2) is 5.69 Å². The number of carbonyl (C=O) groups excluding carboxylic acids is 1. The second kappa shape index (κ2) is 8.26. The number of aromatic nitrogens is 2. The Morgan fingerprint density at radius 1 is 1.03 bits per heavy atom. The summed E-state index contributed by atoms with van der Waals surface area (Å²) in [5.74, 6) is -0.804. The number of benzene rings is 2. The van der Waals surface area contributed by atoms with E-state index in [-0.39, 0.29) is 28.6 Å². The molecule has 0 atom stereocenters. The number of allylic oxidation sites excluding steroid dienone is 4. The van der Waals surface area contributed by atoms with Crippen LogP contribution in [0.3, 0.4) is 0 Å². The van der Waals surface area contributed by atoms with Crippen LogP contribution in [0.1, 0.15) is 16.9 Å². The maximum Gasteiger partial charge on any atom is 0.279 e. The summed E-state index contributed by atoms with van der Waals surface area (Å²) in [6.07, 6.45) is 4.64. The molecule has 0 spiro atoms. The molecule has 0 aliphatic heterocycles. The van der Waals surface area contributed by atoms with Crippen molar-refractivity contribution in [3.8, 4) is 11.6 Å². The van der Waals surface area contributed by atoms with Crippen LogP contribution in [0.2, 0.25) is 0 Å². The summed E-state index contributed by atoms with van der Waals surface area (Å²) >= 11 is 0. The Kier molecular flexibility index (Phi) is 5.36. The van der Waals surface area contributed by atoms with Crippen LogP contribution in [0.5, 0.6) is 11.6 Å². The minimum atomic E-state index is -2.38. The molecule has 150 valence electrons. The van der Waals surface area contributed by atoms with Gasteiger partial charge in [-0.15, -0.1) is 0 Å². The topological polar surface area (TPSA) is 98.2 Å². The summed E-state index contributed by atoms with van der Waals surface area (Å²) in [5, 5.41) is 2.65. The Bertz CT molecular complexity index is 1340. The number of ether oxygens (including phenoxy) is 1. The van der Waals surface area contributed by atoms with Crippen LogP contribution in [-0.2, 0) is 10.3 Å². The second-order valence-electron chi connectivity index (χ2n) is 6.31. The minimum absolute atomic E-state index is 0.0491. The zero-order valence-electron chi connectivity index (χ0n) is 15.4. The molecule has 0 saturated carbocycles. The van der Waals surface area contributed by atoms with Gasteiger partial charge in [0.2, 0.25) is 10.3 Å². The van der Waals surface area contributed by atoms with Gasteiger partial charge in [-0.3, -0.25) is 4.79 Å². The highest BCUT2D eigenvalue weighted by molar-refractivity contribution is 7.73. The van der Waals surface area contributed by atoms with Crippen molar-refractivity contribution in [3.63, 3.8) is 0 Å². The van der Waals surface area contributed by atoms with Crippen LogP contribution in [-0.4, -0.2) is 29.2 Å². The van der Waals surface area contributed by atoms with Crippen molar-refractivity contribution in [2.24, 2.45) is 0 Å². The zero-order valence-corrected chi connectivity index (χ0v) is 16.2. The molecular formula is C21H14FN3O4S. The predicted octanol–water partition coefficient (Wildman–Crippen LogP) is 3.19. The van der Waals surface area contributed by atoms with Crippen molar-refractivity contribution in [3.05, 3.63) is 84.0 Å². The summed E-state index contributed by atoms with van der Waals surface area (Å²) in [6, 6.07) is 12.2. The molecule has 0 radical (unpaired) electrons. The molecule has 1 aromatic heterocycles. The van der Waals surface area contributed by atoms with Crippen LogP contribution in [0.15, 0.2) is 72.5 Å². The maximum absolute atomic E-state index is 13.2. The zero-order chi connectivity index (χ0) is 21.1. The molecule has 1 N–H and O–H groups in total. The molecule has 7 nitrogen and oxygen atoms in total. The highest BCUT2D eigenvalue weighted by Gasteiger charge is 2.20. The molecule has 1 aliphatic rings. The molecule has 0 bridgehead atoms. The smallest absolute Gasteiger partial charge is 0.279 e. The molecule has 4 rings (SSSR count). The third kappa shape index (κ3) is 4.26. The number of carbonyl (C=O) groups is 1. The Morgan fingerprint density at radius 3 is 2.43 bits per heavy atom. The second-order valence-corrected chi connectivity index (χ2v) is 7.30. The molecule has 1 amide bonds. The Balaban J connectivity index is 1.70. The van der Waals surface area contributed by atoms with Gasteiger partial charge in [0, 0.05) is 12.1 Å². The van der Waals surface area contributed by atoms with Crippen molar-refractivity contribution in [1.29, 1.82) is 0 Å². The van der Waals surface area contributed by atoms with E-state index in [1.54, 1.807) is 30.3 Å². The van der Waals surface area contributed by atoms with E-state index in [0.29, 0.717) is 16.7 Å². The van der Waals surface area contributed by atoms with Crippen LogP contribution >= 0.6 is 0 Å². The lowest BCUT2D eigenvalue weighted by atomic mass is 10.1. The van der Waals surface area contributed by atoms with Gasteiger partial charge in [-0.2, -0.15) is 8.42 Å². The van der Waals surface area contributed by atoms with Crippen molar-refractivity contribution in [2.75, 3.05) is 0 Å². The first kappa shape index (κ1) is 19.5. The first-order chi connectivity index (χ1) is 14.5. The number of halogens is 1. The number of nitrogens with one attached hydrogen (secondary N) is 1. The van der Waals surface area contributed by atoms with Crippen LogP contribution in [0.25, 0.3) is 11.0 Å². The summed E-state index contributed by atoms with van der Waals surface area (Å²) in [4.78, 5) is 21.8. The molecule has 30 heavy (non-hydrogen) atoms. The van der Waals surface area contributed by atoms with Gasteiger partial charge in [0.25, 0.3) is 11.8 Å². The number of hydrogen-bond donors (Lipinski definition) is 1. The molecular weight excluding hydrogens is 409 g/mol. The third-order valence-electron chi connectivity index (χ3n) is 4.21. The Hall–Kier alpha value is -3.85. The fraction of sp³-hybridized carbons (Fsp3) is 0.0476. The van der Waals surface area contributed by atoms with Crippen LogP contribution in [0, 0.1) is 5.82 Å². The molecule has 2 aromatic carbocycles. The van der Waals surface area contributed by atoms with Gasteiger partial charge in [-0.25, -0.2) is 14.4 Å². The molecule has 9 heteroatoms. The van der Waals surface area contributed by atoms with Gasteiger partial charge >= 0.3 is 0 Å². The lowest BCUT2D eigenvalue weighted by Gasteiger charge is -2.14. The minimum Gasteiger partial charge on any atom is -0.437 e. The lowest BCUT2D eigenvalue weighted by molar-refractivity contribution is 0.0957. The van der Waals surface area contributed by atoms with Crippen molar-refractivity contribution < 1.29 is 22.3 Å². The van der Waals surface area contributed by atoms with E-state index in [2.05, 4.69) is 15.3 Å². The molecule has 0 unspecified atom stereocenters. The molecule has 1 heterocycles. The van der Waals surface area contributed by atoms with Crippen molar-refractivity contribution >= 4 is 32.1 Å². The van der Waals surface area contributed by atoms with Gasteiger partial charge in [-0.1, -0.05) is 18.2 Å². The number of para-hydroxylation sites is 2. The lowest BCUT2D eigenvalue weighted by Crippen LogP contribution is -2.26. The third-order valence-corrected chi connectivity index (χ3v) is 4.92. The standard InChI is InChI=1S/C21H14FN3O4S/c22-13-8-10-15(11-9-13)29-21-19(24-17-6-1-2-7-18(17)25-21)20(26)23-14-4-3-5-16(12-14)30(27)28/h1-11H,12H2,(H,23,26). The average Bonchev–Trinajstić information content (AvgIpc) is 2.75. The summed E-state index contributed by atoms with van der Waals surface area (Å²) in [6.45, 7) is 0. The fourth-order valence-electron chi connectivity index (χ4n) is 2.80. The van der Waals surface area contributed by atoms with Crippen molar-refractivity contribution in [1.82, 2.24) is 15.3 Å². The summed E-state index contributed by atoms with van der Waals surface area (Å²) in [7, 11) is -2.38. The molecule has 0 fully saturated rings. The maximum atomic E-state index is 13.2. The van der Waals surface area contributed by atoms with E-state index in [1.807, 2.05) is 0 Å². The van der Waals surface area contributed by atoms with Gasteiger partial charge in [0.05, 0.1) is 15.9 Å². The molecule has 0 saturated heterocycles. The van der Waals surface area contributed by atoms with Crippen molar-refractivity contribution in [2.45, 2.75) is 6.42 Å². The first-order valence-electron chi connectivity index (χ1n) is 8.83. The Morgan fingerprint density at radius 2 is 1.73 bits per heavy atom. The van der Waals surface area contributed by atoms with E-state index in [1.165, 1.54) is 36.4 Å². The van der Waals surface area contributed by atoms with E-state index >= 15 is 0 Å². The number of fused-ring (bicyclic) bond motifs is 1. The van der Waals surface area contributed by atoms with E-state index in [9.17, 15) is 17.6 Å². The van der Waals surface area contributed by atoms with E-state index < -0.39 is 22.0 Å². The van der Waals surface area contributed by atoms with Crippen LogP contribution < -0.4 is 10.1 Å². The van der Waals surface area contributed by atoms with Gasteiger partial charge in [0.1, 0.15) is 11.6 Å². The SMILES string of the molecule is O=C(NC1=CC=CC(=S(=O)=O)C1)c1nc2ccccc2nc1Oc1ccc(F)cc1. The van der Waals surface area contributed by atoms with Gasteiger partial charge in [-0.05, 0) is 48.6 Å². The van der Waals surface area contributed by atoms with E-state index in [0.717, 1.165) is 0 Å². The first-order valence-corrected chi connectivity index (χ1v) is 9.91. The largest absolute Gasteiger partial charge is 0.437 e.